The number of fused-ring (bicyclic) bond motifs is 2. The summed E-state index contributed by atoms with van der Waals surface area (Å²) in [7, 11) is 0. The highest BCUT2D eigenvalue weighted by Gasteiger charge is 2.44. The van der Waals surface area contributed by atoms with Gasteiger partial charge in [0, 0.05) is 41.1 Å². The molecule has 1 aliphatic heterocycles. The molecule has 2 heterocycles. The predicted molar refractivity (Wildman–Crippen MR) is 119 cm³/mol. The van der Waals surface area contributed by atoms with E-state index in [1.807, 2.05) is 29.3 Å². The summed E-state index contributed by atoms with van der Waals surface area (Å²) < 4.78 is 0. The molecule has 0 spiro atoms. The molecule has 0 radical (unpaired) electrons. The first-order valence-electron chi connectivity index (χ1n) is 11.2. The molecule has 1 aromatic heterocycles. The van der Waals surface area contributed by atoms with Crippen LogP contribution in [0.5, 0.6) is 0 Å². The molecule has 4 rings (SSSR count). The summed E-state index contributed by atoms with van der Waals surface area (Å²) in [5.74, 6) is -0.330. The van der Waals surface area contributed by atoms with Gasteiger partial charge in [0.1, 0.15) is 0 Å². The van der Waals surface area contributed by atoms with Gasteiger partial charge in [0.25, 0.3) is 0 Å². The number of carbonyl (C=O) groups is 2. The molecule has 5 nitrogen and oxygen atoms in total. The van der Waals surface area contributed by atoms with E-state index in [0.717, 1.165) is 42.1 Å². The summed E-state index contributed by atoms with van der Waals surface area (Å²) in [6.07, 6.45) is 7.03. The van der Waals surface area contributed by atoms with Crippen molar-refractivity contribution in [2.45, 2.75) is 64.3 Å². The van der Waals surface area contributed by atoms with Gasteiger partial charge < -0.3 is 15.0 Å². The van der Waals surface area contributed by atoms with E-state index in [-0.39, 0.29) is 29.7 Å². The summed E-state index contributed by atoms with van der Waals surface area (Å²) in [6, 6.07) is 5.92. The summed E-state index contributed by atoms with van der Waals surface area (Å²) in [5.41, 5.74) is 2.15. The molecule has 30 heavy (non-hydrogen) atoms. The van der Waals surface area contributed by atoms with Crippen molar-refractivity contribution in [2.24, 2.45) is 17.8 Å². The Morgan fingerprint density at radius 1 is 1.23 bits per heavy atom. The molecule has 1 saturated carbocycles. The molecule has 1 aromatic carbocycles. The van der Waals surface area contributed by atoms with Gasteiger partial charge in [-0.15, -0.1) is 0 Å². The number of benzene rings is 1. The van der Waals surface area contributed by atoms with E-state index < -0.39 is 5.97 Å². The molecule has 1 aliphatic carbocycles. The van der Waals surface area contributed by atoms with Crippen molar-refractivity contribution in [1.82, 2.24) is 9.88 Å². The zero-order valence-electron chi connectivity index (χ0n) is 17.7. The molecule has 4 atom stereocenters. The SMILES string of the molecule is CC(C)C(CC(=O)N1CC[C@H](C(=O)O)C2CCCCC21)c1c[nH]c2cc(Cl)ccc12. The number of amides is 1. The number of likely N-dealkylation sites (tertiary alicyclic amines) is 1. The normalized spacial score (nSPS) is 25.3. The van der Waals surface area contributed by atoms with Crippen molar-refractivity contribution in [2.75, 3.05) is 6.54 Å². The van der Waals surface area contributed by atoms with Crippen LogP contribution in [0.2, 0.25) is 5.02 Å². The average molecular weight is 431 g/mol. The van der Waals surface area contributed by atoms with Crippen molar-refractivity contribution >= 4 is 34.4 Å². The van der Waals surface area contributed by atoms with E-state index in [1.54, 1.807) is 0 Å². The fourth-order valence-corrected chi connectivity index (χ4v) is 5.88. The van der Waals surface area contributed by atoms with Gasteiger partial charge >= 0.3 is 5.97 Å². The number of nitrogens with one attached hydrogen (secondary N) is 1. The van der Waals surface area contributed by atoms with Crippen molar-refractivity contribution < 1.29 is 14.7 Å². The van der Waals surface area contributed by atoms with Crippen molar-refractivity contribution in [3.8, 4) is 0 Å². The number of piperidine rings is 1. The third-order valence-corrected chi connectivity index (χ3v) is 7.53. The van der Waals surface area contributed by atoms with Gasteiger partial charge in [0.05, 0.1) is 5.92 Å². The van der Waals surface area contributed by atoms with Crippen LogP contribution in [-0.4, -0.2) is 39.5 Å². The first-order chi connectivity index (χ1) is 14.4. The highest BCUT2D eigenvalue weighted by Crippen LogP contribution is 2.41. The molecule has 2 N–H and O–H groups in total. The van der Waals surface area contributed by atoms with Crippen molar-refractivity contribution in [3.63, 3.8) is 0 Å². The second-order valence-electron chi connectivity index (χ2n) is 9.32. The first kappa shape index (κ1) is 21.2. The van der Waals surface area contributed by atoms with Gasteiger partial charge in [-0.3, -0.25) is 9.59 Å². The van der Waals surface area contributed by atoms with Gasteiger partial charge in [-0.2, -0.15) is 0 Å². The first-order valence-corrected chi connectivity index (χ1v) is 11.5. The lowest BCUT2D eigenvalue weighted by atomic mass is 9.71. The third-order valence-electron chi connectivity index (χ3n) is 7.29. The number of halogens is 1. The Morgan fingerprint density at radius 3 is 2.73 bits per heavy atom. The number of carboxylic acids is 1. The number of aliphatic carboxylic acids is 1. The number of carboxylic acid groups (broad SMARTS) is 1. The van der Waals surface area contributed by atoms with Gasteiger partial charge in [-0.1, -0.05) is 44.4 Å². The summed E-state index contributed by atoms with van der Waals surface area (Å²) in [6.45, 7) is 4.88. The molecule has 1 saturated heterocycles. The lowest BCUT2D eigenvalue weighted by molar-refractivity contribution is -0.154. The van der Waals surface area contributed by atoms with Gasteiger partial charge in [0.2, 0.25) is 5.91 Å². The van der Waals surface area contributed by atoms with Crippen molar-refractivity contribution in [3.05, 3.63) is 35.0 Å². The molecule has 2 aliphatic rings. The molecule has 162 valence electrons. The zero-order chi connectivity index (χ0) is 21.4. The maximum Gasteiger partial charge on any atom is 0.306 e. The Bertz CT molecular complexity index is 938. The second-order valence-corrected chi connectivity index (χ2v) is 9.76. The van der Waals surface area contributed by atoms with Crippen LogP contribution in [0, 0.1) is 17.8 Å². The van der Waals surface area contributed by atoms with Crippen LogP contribution < -0.4 is 0 Å². The third kappa shape index (κ3) is 3.96. The van der Waals surface area contributed by atoms with Crippen LogP contribution in [-0.2, 0) is 9.59 Å². The Balaban J connectivity index is 1.56. The zero-order valence-corrected chi connectivity index (χ0v) is 18.5. The van der Waals surface area contributed by atoms with Gasteiger partial charge in [0.15, 0.2) is 0 Å². The molecule has 0 bridgehead atoms. The highest BCUT2D eigenvalue weighted by molar-refractivity contribution is 6.31. The fraction of sp³-hybridized carbons (Fsp3) is 0.583. The van der Waals surface area contributed by atoms with Crippen LogP contribution >= 0.6 is 11.6 Å². The second kappa shape index (κ2) is 8.62. The largest absolute Gasteiger partial charge is 0.481 e. The average Bonchev–Trinajstić information content (AvgIpc) is 3.13. The molecule has 2 aromatic rings. The van der Waals surface area contributed by atoms with E-state index in [2.05, 4.69) is 18.8 Å². The quantitative estimate of drug-likeness (QED) is 0.662. The monoisotopic (exact) mass is 430 g/mol. The topological polar surface area (TPSA) is 73.4 Å². The number of carbonyl (C=O) groups excluding carboxylic acids is 1. The number of nitrogens with zero attached hydrogens (tertiary/aromatic N) is 1. The van der Waals surface area contributed by atoms with E-state index in [4.69, 9.17) is 11.6 Å². The molecule has 3 unspecified atom stereocenters. The molecular formula is C24H31ClN2O3. The van der Waals surface area contributed by atoms with E-state index >= 15 is 0 Å². The Kier molecular flexibility index (Phi) is 6.10. The van der Waals surface area contributed by atoms with Crippen molar-refractivity contribution in [1.29, 1.82) is 0 Å². The van der Waals surface area contributed by atoms with Crippen LogP contribution in [0.15, 0.2) is 24.4 Å². The fourth-order valence-electron chi connectivity index (χ4n) is 5.71. The summed E-state index contributed by atoms with van der Waals surface area (Å²) >= 11 is 6.13. The summed E-state index contributed by atoms with van der Waals surface area (Å²) in [4.78, 5) is 30.5. The highest BCUT2D eigenvalue weighted by atomic mass is 35.5. The minimum atomic E-state index is -0.698. The van der Waals surface area contributed by atoms with E-state index in [9.17, 15) is 14.7 Å². The number of aromatic amines is 1. The van der Waals surface area contributed by atoms with Gasteiger partial charge in [-0.05, 0) is 54.7 Å². The van der Waals surface area contributed by atoms with E-state index in [0.29, 0.717) is 30.3 Å². The number of hydrogen-bond acceptors (Lipinski definition) is 2. The van der Waals surface area contributed by atoms with Gasteiger partial charge in [-0.25, -0.2) is 0 Å². The maximum absolute atomic E-state index is 13.5. The smallest absolute Gasteiger partial charge is 0.306 e. The number of hydrogen-bond donors (Lipinski definition) is 2. The lowest BCUT2D eigenvalue weighted by Gasteiger charge is -2.47. The molecule has 2 fully saturated rings. The Hall–Kier alpha value is -2.01. The van der Waals surface area contributed by atoms with E-state index in [1.165, 1.54) is 0 Å². The number of aromatic nitrogens is 1. The minimum Gasteiger partial charge on any atom is -0.481 e. The van der Waals surface area contributed by atoms with Crippen LogP contribution in [0.25, 0.3) is 10.9 Å². The maximum atomic E-state index is 13.5. The summed E-state index contributed by atoms with van der Waals surface area (Å²) in [5, 5.41) is 11.5. The minimum absolute atomic E-state index is 0.0793. The Labute approximate surface area is 182 Å². The van der Waals surface area contributed by atoms with Crippen LogP contribution in [0.3, 0.4) is 0 Å². The molecule has 1 amide bonds. The molecular weight excluding hydrogens is 400 g/mol. The van der Waals surface area contributed by atoms with Crippen LogP contribution in [0.1, 0.15) is 63.9 Å². The standard InChI is InChI=1S/C24H31ClN2O3/c1-14(2)19(20-13-26-21-11-15(25)7-8-16(20)21)12-23(28)27-10-9-18(24(29)30)17-5-3-4-6-22(17)27/h7-8,11,13-14,17-19,22,26H,3-6,9-10,12H2,1-2H3,(H,29,30)/t17?,18-,19?,22?/m0/s1. The number of H-pyrrole nitrogens is 1. The molecule has 6 heteroatoms. The Morgan fingerprint density at radius 2 is 2.00 bits per heavy atom. The lowest BCUT2D eigenvalue weighted by Crippen LogP contribution is -2.54. The van der Waals surface area contributed by atoms with Crippen LogP contribution in [0.4, 0.5) is 0 Å². The predicted octanol–water partition coefficient (Wildman–Crippen LogP) is 5.44. The number of rotatable bonds is 5.